The largest absolute Gasteiger partial charge is 0.459 e. The zero-order valence-corrected chi connectivity index (χ0v) is 24.4. The molecule has 0 aliphatic carbocycles. The van der Waals surface area contributed by atoms with E-state index in [0.29, 0.717) is 6.42 Å². The first-order valence-corrected chi connectivity index (χ1v) is 14.0. The van der Waals surface area contributed by atoms with Crippen LogP contribution in [0.5, 0.6) is 0 Å². The zero-order valence-electron chi connectivity index (χ0n) is 24.4. The fourth-order valence-corrected chi connectivity index (χ4v) is 6.34. The van der Waals surface area contributed by atoms with Crippen molar-refractivity contribution < 1.29 is 49.6 Å². The van der Waals surface area contributed by atoms with Crippen LogP contribution in [0.2, 0.25) is 0 Å². The summed E-state index contributed by atoms with van der Waals surface area (Å²) in [6, 6.07) is 0. The van der Waals surface area contributed by atoms with Gasteiger partial charge in [0.05, 0.1) is 42.0 Å². The van der Waals surface area contributed by atoms with Crippen molar-refractivity contribution in [1.82, 2.24) is 0 Å². The van der Waals surface area contributed by atoms with Gasteiger partial charge < -0.3 is 44.8 Å². The topological polar surface area (TPSA) is 166 Å². The molecule has 1 unspecified atom stereocenters. The van der Waals surface area contributed by atoms with Crippen LogP contribution in [-0.4, -0.2) is 96.8 Å². The lowest BCUT2D eigenvalue weighted by molar-refractivity contribution is -0.299. The van der Waals surface area contributed by atoms with Gasteiger partial charge in [-0.25, -0.2) is 0 Å². The minimum atomic E-state index is -1.87. The lowest BCUT2D eigenvalue weighted by Crippen LogP contribution is -2.59. The van der Waals surface area contributed by atoms with Crippen LogP contribution in [0.4, 0.5) is 0 Å². The van der Waals surface area contributed by atoms with E-state index in [-0.39, 0.29) is 24.9 Å². The number of aliphatic hydroxyl groups excluding tert-OH is 4. The van der Waals surface area contributed by atoms with E-state index in [9.17, 15) is 35.4 Å². The van der Waals surface area contributed by atoms with Gasteiger partial charge in [0, 0.05) is 11.8 Å². The zero-order chi connectivity index (χ0) is 29.3. The Balaban J connectivity index is 2.53. The Morgan fingerprint density at radius 2 is 1.47 bits per heavy atom. The summed E-state index contributed by atoms with van der Waals surface area (Å²) < 4.78 is 17.7. The Kier molecular flexibility index (Phi) is 11.2. The molecule has 10 heteroatoms. The van der Waals surface area contributed by atoms with Crippen molar-refractivity contribution in [1.29, 1.82) is 0 Å². The molecule has 2 saturated heterocycles. The Bertz CT molecular complexity index is 773. The molecule has 2 aliphatic rings. The molecule has 6 N–H and O–H groups in total. The van der Waals surface area contributed by atoms with Crippen molar-refractivity contribution in [2.45, 2.75) is 142 Å². The SMILES string of the molecule is CC[C@H]1OC(=O)[C@H](C)[C@@H](O)[C@H](C)[C@@H](O[C@H]2O[C@@H](C)C[C@@H](C)[C@@H]2O)[C@](C)(O)C[C@@H](C)C(O)[C@H](C)[C@@H](O)[C@]1(C)O. The number of rotatable bonds is 3. The average Bonchev–Trinajstić information content (AvgIpc) is 2.84. The predicted molar refractivity (Wildman–Crippen MR) is 140 cm³/mol. The summed E-state index contributed by atoms with van der Waals surface area (Å²) in [5.41, 5.74) is -3.53. The van der Waals surface area contributed by atoms with Crippen LogP contribution in [0.1, 0.15) is 81.6 Å². The molecular weight excluding hydrogens is 496 g/mol. The molecule has 0 radical (unpaired) electrons. The van der Waals surface area contributed by atoms with Crippen molar-refractivity contribution in [2.75, 3.05) is 0 Å². The minimum Gasteiger partial charge on any atom is -0.459 e. The number of carbonyl (C=O) groups is 1. The fourth-order valence-electron chi connectivity index (χ4n) is 6.34. The maximum atomic E-state index is 13.1. The number of hydrogen-bond acceptors (Lipinski definition) is 10. The lowest BCUT2D eigenvalue weighted by atomic mass is 9.73. The van der Waals surface area contributed by atoms with Gasteiger partial charge in [0.25, 0.3) is 0 Å². The predicted octanol–water partition coefficient (Wildman–Crippen LogP) is 1.36. The lowest BCUT2D eigenvalue weighted by Gasteiger charge is -2.46. The third-order valence-electron chi connectivity index (χ3n) is 8.96. The summed E-state index contributed by atoms with van der Waals surface area (Å²) in [5, 5.41) is 67.2. The van der Waals surface area contributed by atoms with E-state index in [1.807, 2.05) is 13.8 Å². The van der Waals surface area contributed by atoms with Gasteiger partial charge in [0.1, 0.15) is 17.8 Å². The first kappa shape index (κ1) is 33.4. The normalized spacial score (nSPS) is 52.2. The summed E-state index contributed by atoms with van der Waals surface area (Å²) in [7, 11) is 0. The highest BCUT2D eigenvalue weighted by atomic mass is 16.7. The van der Waals surface area contributed by atoms with E-state index < -0.39 is 83.8 Å². The summed E-state index contributed by atoms with van der Waals surface area (Å²) >= 11 is 0. The van der Waals surface area contributed by atoms with Gasteiger partial charge in [0.15, 0.2) is 6.29 Å². The second-order valence-electron chi connectivity index (χ2n) is 12.6. The molecule has 0 spiro atoms. The molecule has 38 heavy (non-hydrogen) atoms. The highest BCUT2D eigenvalue weighted by molar-refractivity contribution is 5.73. The molecule has 2 fully saturated rings. The monoisotopic (exact) mass is 548 g/mol. The molecule has 224 valence electrons. The molecule has 0 amide bonds. The molecular formula is C28H52O10. The standard InChI is InChI=1S/C28H52O10/c1-10-19-28(9,35)23(32)16(5)20(29)14(3)12-27(8,34)24(17(6)22(31)18(7)25(33)37-19)38-26-21(30)13(2)11-15(4)36-26/h13-24,26,29-32,34-35H,10-12H2,1-9H3/t13-,14-,15+,16+,17+,18-,19-,20?,21+,22+,23-,24-,26-,27-,28-/m1/s1. The van der Waals surface area contributed by atoms with E-state index in [1.165, 1.54) is 20.8 Å². The van der Waals surface area contributed by atoms with Crippen LogP contribution in [0.3, 0.4) is 0 Å². The quantitative estimate of drug-likeness (QED) is 0.284. The van der Waals surface area contributed by atoms with Crippen LogP contribution >= 0.6 is 0 Å². The van der Waals surface area contributed by atoms with E-state index in [0.717, 1.165) is 0 Å². The number of esters is 1. The number of aliphatic hydroxyl groups is 6. The smallest absolute Gasteiger partial charge is 0.311 e. The highest BCUT2D eigenvalue weighted by Gasteiger charge is 2.50. The van der Waals surface area contributed by atoms with E-state index >= 15 is 0 Å². The van der Waals surface area contributed by atoms with Crippen molar-refractivity contribution in [3.63, 3.8) is 0 Å². The number of ether oxygens (including phenoxy) is 3. The highest BCUT2D eigenvalue weighted by Crippen LogP contribution is 2.38. The molecule has 2 heterocycles. The molecule has 15 atom stereocenters. The molecule has 0 aromatic carbocycles. The molecule has 2 aliphatic heterocycles. The Morgan fingerprint density at radius 1 is 0.895 bits per heavy atom. The van der Waals surface area contributed by atoms with E-state index in [2.05, 4.69) is 0 Å². The van der Waals surface area contributed by atoms with Crippen molar-refractivity contribution in [3.8, 4) is 0 Å². The molecule has 10 nitrogen and oxygen atoms in total. The molecule has 2 rings (SSSR count). The molecule has 0 saturated carbocycles. The van der Waals surface area contributed by atoms with Crippen LogP contribution in [-0.2, 0) is 19.0 Å². The number of hydrogen-bond donors (Lipinski definition) is 6. The fraction of sp³-hybridized carbons (Fsp3) is 0.964. The first-order chi connectivity index (χ1) is 17.4. The minimum absolute atomic E-state index is 0.000940. The van der Waals surface area contributed by atoms with Gasteiger partial charge in [-0.1, -0.05) is 34.6 Å². The summed E-state index contributed by atoms with van der Waals surface area (Å²) in [6.07, 6.45) is -7.52. The molecule has 0 aromatic heterocycles. The second kappa shape index (κ2) is 12.8. The van der Waals surface area contributed by atoms with Gasteiger partial charge in [-0.2, -0.15) is 0 Å². The summed E-state index contributed by atoms with van der Waals surface area (Å²) in [4.78, 5) is 13.1. The van der Waals surface area contributed by atoms with Gasteiger partial charge in [0.2, 0.25) is 0 Å². The maximum Gasteiger partial charge on any atom is 0.311 e. The maximum absolute atomic E-state index is 13.1. The van der Waals surface area contributed by atoms with Gasteiger partial charge in [-0.3, -0.25) is 4.79 Å². The van der Waals surface area contributed by atoms with E-state index in [1.54, 1.807) is 27.7 Å². The van der Waals surface area contributed by atoms with Gasteiger partial charge in [-0.15, -0.1) is 0 Å². The molecule has 0 bridgehead atoms. The summed E-state index contributed by atoms with van der Waals surface area (Å²) in [6.45, 7) is 14.8. The Hall–Kier alpha value is -0.850. The van der Waals surface area contributed by atoms with Gasteiger partial charge >= 0.3 is 5.97 Å². The van der Waals surface area contributed by atoms with Gasteiger partial charge in [-0.05, 0) is 58.8 Å². The average molecular weight is 549 g/mol. The van der Waals surface area contributed by atoms with Crippen molar-refractivity contribution in [2.24, 2.45) is 29.6 Å². The molecule has 0 aromatic rings. The van der Waals surface area contributed by atoms with Crippen molar-refractivity contribution >= 4 is 5.97 Å². The third kappa shape index (κ3) is 7.07. The Morgan fingerprint density at radius 3 is 2.03 bits per heavy atom. The summed E-state index contributed by atoms with van der Waals surface area (Å²) in [5.74, 6) is -4.20. The first-order valence-electron chi connectivity index (χ1n) is 14.0. The van der Waals surface area contributed by atoms with Crippen molar-refractivity contribution in [3.05, 3.63) is 0 Å². The van der Waals surface area contributed by atoms with Crippen LogP contribution in [0.15, 0.2) is 0 Å². The van der Waals surface area contributed by atoms with E-state index in [4.69, 9.17) is 14.2 Å². The number of carbonyl (C=O) groups excluding carboxylic acids is 1. The third-order valence-corrected chi connectivity index (χ3v) is 8.96. The van der Waals surface area contributed by atoms with Crippen LogP contribution < -0.4 is 0 Å². The number of cyclic esters (lactones) is 1. The van der Waals surface area contributed by atoms with Crippen LogP contribution in [0.25, 0.3) is 0 Å². The van der Waals surface area contributed by atoms with Crippen LogP contribution in [0, 0.1) is 29.6 Å². The second-order valence-corrected chi connectivity index (χ2v) is 12.6. The Labute approximate surface area is 227 Å².